The Morgan fingerprint density at radius 2 is 1.50 bits per heavy atom. The van der Waals surface area contributed by atoms with Crippen molar-refractivity contribution in [3.63, 3.8) is 0 Å². The fourth-order valence-corrected chi connectivity index (χ4v) is 2.97. The van der Waals surface area contributed by atoms with Crippen LogP contribution in [0.2, 0.25) is 0 Å². The molecule has 2 saturated carbocycles. The van der Waals surface area contributed by atoms with Crippen LogP contribution in [0.1, 0.15) is 25.7 Å². The predicted molar refractivity (Wildman–Crippen MR) is 46.8 cm³/mol. The zero-order valence-electron chi connectivity index (χ0n) is 7.45. The van der Waals surface area contributed by atoms with Crippen LogP contribution in [0.4, 0.5) is 0 Å². The molecule has 0 spiro atoms. The minimum Gasteiger partial charge on any atom is -0.392 e. The second-order valence-electron chi connectivity index (χ2n) is 4.77. The van der Waals surface area contributed by atoms with E-state index in [0.717, 1.165) is 6.04 Å². The fourth-order valence-electron chi connectivity index (χ4n) is 2.97. The summed E-state index contributed by atoms with van der Waals surface area (Å²) >= 11 is 0. The van der Waals surface area contributed by atoms with Crippen molar-refractivity contribution >= 4 is 0 Å². The van der Waals surface area contributed by atoms with Gasteiger partial charge in [-0.2, -0.15) is 0 Å². The van der Waals surface area contributed by atoms with Gasteiger partial charge in [0, 0.05) is 19.1 Å². The van der Waals surface area contributed by atoms with E-state index in [9.17, 15) is 5.11 Å². The average molecular weight is 167 g/mol. The maximum Gasteiger partial charge on any atom is 0.0620 e. The lowest BCUT2D eigenvalue weighted by atomic mass is 9.95. The summed E-state index contributed by atoms with van der Waals surface area (Å²) in [6, 6.07) is 0.903. The number of hydrogen-bond acceptors (Lipinski definition) is 2. The van der Waals surface area contributed by atoms with Crippen molar-refractivity contribution in [3.8, 4) is 0 Å². The van der Waals surface area contributed by atoms with Crippen LogP contribution in [-0.2, 0) is 0 Å². The van der Waals surface area contributed by atoms with Crippen molar-refractivity contribution in [1.82, 2.24) is 4.90 Å². The van der Waals surface area contributed by atoms with Gasteiger partial charge in [-0.05, 0) is 37.5 Å². The number of nitrogens with zero attached hydrogens (tertiary/aromatic N) is 1. The summed E-state index contributed by atoms with van der Waals surface area (Å²) in [7, 11) is 0. The molecule has 3 rings (SSSR count). The Kier molecular flexibility index (Phi) is 1.50. The van der Waals surface area contributed by atoms with Crippen molar-refractivity contribution < 1.29 is 5.11 Å². The summed E-state index contributed by atoms with van der Waals surface area (Å²) < 4.78 is 0. The normalized spacial score (nSPS) is 48.2. The number of hydrogen-bond donors (Lipinski definition) is 1. The lowest BCUT2D eigenvalue weighted by molar-refractivity contribution is 0.0138. The molecule has 0 aromatic rings. The molecule has 1 heterocycles. The molecule has 0 amide bonds. The molecule has 2 heteroatoms. The van der Waals surface area contributed by atoms with Gasteiger partial charge in [0.15, 0.2) is 0 Å². The molecule has 68 valence electrons. The first-order valence-electron chi connectivity index (χ1n) is 5.27. The number of aliphatic hydroxyl groups is 1. The summed E-state index contributed by atoms with van der Waals surface area (Å²) in [5.41, 5.74) is 0. The Morgan fingerprint density at radius 3 is 2.00 bits per heavy atom. The molecule has 2 nitrogen and oxygen atoms in total. The molecule has 0 radical (unpaired) electrons. The molecule has 2 atom stereocenters. The molecule has 3 aliphatic rings. The number of fused-ring (bicyclic) bond motifs is 2. The highest BCUT2D eigenvalue weighted by Crippen LogP contribution is 2.40. The highest BCUT2D eigenvalue weighted by atomic mass is 16.3. The minimum absolute atomic E-state index is 0.0417. The molecule has 2 bridgehead atoms. The Bertz CT molecular complexity index is 176. The van der Waals surface area contributed by atoms with Gasteiger partial charge in [0.25, 0.3) is 0 Å². The topological polar surface area (TPSA) is 23.5 Å². The summed E-state index contributed by atoms with van der Waals surface area (Å²) in [6.07, 6.45) is 5.41. The van der Waals surface area contributed by atoms with Crippen molar-refractivity contribution in [2.75, 3.05) is 13.1 Å². The zero-order chi connectivity index (χ0) is 8.13. The predicted octanol–water partition coefficient (Wildman–Crippen LogP) is 0.851. The molecular weight excluding hydrogens is 150 g/mol. The Hall–Kier alpha value is -0.0800. The van der Waals surface area contributed by atoms with E-state index in [1.165, 1.54) is 38.8 Å². The van der Waals surface area contributed by atoms with Crippen LogP contribution in [0.5, 0.6) is 0 Å². The number of piperidine rings is 1. The van der Waals surface area contributed by atoms with Gasteiger partial charge < -0.3 is 5.11 Å². The van der Waals surface area contributed by atoms with Gasteiger partial charge in [0.05, 0.1) is 6.10 Å². The maximum absolute atomic E-state index is 9.80. The van der Waals surface area contributed by atoms with Crippen molar-refractivity contribution in [2.24, 2.45) is 11.8 Å². The van der Waals surface area contributed by atoms with E-state index in [0.29, 0.717) is 11.8 Å². The Labute approximate surface area is 73.6 Å². The van der Waals surface area contributed by atoms with Gasteiger partial charge in [-0.1, -0.05) is 0 Å². The van der Waals surface area contributed by atoms with Crippen molar-refractivity contribution in [1.29, 1.82) is 0 Å². The molecule has 1 aliphatic heterocycles. The lowest BCUT2D eigenvalue weighted by Gasteiger charge is -2.35. The third-order valence-electron chi connectivity index (χ3n) is 3.88. The first kappa shape index (κ1) is 7.34. The van der Waals surface area contributed by atoms with Crippen molar-refractivity contribution in [2.45, 2.75) is 37.8 Å². The smallest absolute Gasteiger partial charge is 0.0620 e. The third kappa shape index (κ3) is 1.01. The van der Waals surface area contributed by atoms with Crippen LogP contribution in [0.3, 0.4) is 0 Å². The van der Waals surface area contributed by atoms with Crippen LogP contribution in [0.25, 0.3) is 0 Å². The SMILES string of the molecule is OC1C2CCC1CN(C1CC1)C2. The monoisotopic (exact) mass is 167 g/mol. The number of rotatable bonds is 1. The first-order chi connectivity index (χ1) is 5.84. The minimum atomic E-state index is 0.0417. The summed E-state index contributed by atoms with van der Waals surface area (Å²) in [6.45, 7) is 2.37. The van der Waals surface area contributed by atoms with Gasteiger partial charge >= 0.3 is 0 Å². The van der Waals surface area contributed by atoms with Crippen LogP contribution in [-0.4, -0.2) is 35.2 Å². The molecule has 2 aliphatic carbocycles. The van der Waals surface area contributed by atoms with Gasteiger partial charge in [0.1, 0.15) is 0 Å². The molecule has 12 heavy (non-hydrogen) atoms. The second kappa shape index (κ2) is 2.46. The van der Waals surface area contributed by atoms with E-state index in [2.05, 4.69) is 4.90 Å². The highest BCUT2D eigenvalue weighted by Gasteiger charge is 2.44. The van der Waals surface area contributed by atoms with Crippen LogP contribution in [0.15, 0.2) is 0 Å². The van der Waals surface area contributed by atoms with Crippen molar-refractivity contribution in [3.05, 3.63) is 0 Å². The fraction of sp³-hybridized carbons (Fsp3) is 1.00. The van der Waals surface area contributed by atoms with Crippen LogP contribution in [0, 0.1) is 11.8 Å². The van der Waals surface area contributed by atoms with Gasteiger partial charge in [-0.15, -0.1) is 0 Å². The summed E-state index contributed by atoms with van der Waals surface area (Å²) in [4.78, 5) is 2.62. The lowest BCUT2D eigenvalue weighted by Crippen LogP contribution is -2.45. The molecule has 2 unspecified atom stereocenters. The van der Waals surface area contributed by atoms with Crippen LogP contribution >= 0.6 is 0 Å². The molecule has 1 N–H and O–H groups in total. The molecule has 3 fully saturated rings. The standard InChI is InChI=1S/C10H17NO/c12-10-7-1-2-8(10)6-11(5-7)9-3-4-9/h7-10,12H,1-6H2. The molecule has 1 saturated heterocycles. The van der Waals surface area contributed by atoms with E-state index >= 15 is 0 Å². The molecule has 0 aromatic heterocycles. The summed E-state index contributed by atoms with van der Waals surface area (Å²) in [5.74, 6) is 1.23. The van der Waals surface area contributed by atoms with E-state index in [4.69, 9.17) is 0 Å². The zero-order valence-corrected chi connectivity index (χ0v) is 7.45. The summed E-state index contributed by atoms with van der Waals surface area (Å²) in [5, 5.41) is 9.80. The van der Waals surface area contributed by atoms with E-state index < -0.39 is 0 Å². The Balaban J connectivity index is 1.73. The van der Waals surface area contributed by atoms with E-state index in [-0.39, 0.29) is 6.10 Å². The first-order valence-corrected chi connectivity index (χ1v) is 5.27. The average Bonchev–Trinajstić information content (AvgIpc) is 2.87. The largest absolute Gasteiger partial charge is 0.392 e. The van der Waals surface area contributed by atoms with Gasteiger partial charge in [0.2, 0.25) is 0 Å². The highest BCUT2D eigenvalue weighted by molar-refractivity contribution is 4.97. The molecular formula is C10H17NO. The second-order valence-corrected chi connectivity index (χ2v) is 4.77. The van der Waals surface area contributed by atoms with Gasteiger partial charge in [-0.25, -0.2) is 0 Å². The quantitative estimate of drug-likeness (QED) is 0.626. The van der Waals surface area contributed by atoms with E-state index in [1.54, 1.807) is 0 Å². The van der Waals surface area contributed by atoms with Crippen LogP contribution < -0.4 is 0 Å². The number of aliphatic hydroxyl groups excluding tert-OH is 1. The van der Waals surface area contributed by atoms with Gasteiger partial charge in [-0.3, -0.25) is 4.90 Å². The molecule has 0 aromatic carbocycles. The van der Waals surface area contributed by atoms with E-state index in [1.807, 2.05) is 0 Å². The number of likely N-dealkylation sites (tertiary alicyclic amines) is 1. The Morgan fingerprint density at radius 1 is 0.917 bits per heavy atom. The maximum atomic E-state index is 9.80. The third-order valence-corrected chi connectivity index (χ3v) is 3.88.